The minimum absolute atomic E-state index is 0.0596. The third-order valence-corrected chi connectivity index (χ3v) is 14.6. The summed E-state index contributed by atoms with van der Waals surface area (Å²) in [6, 6.07) is 22.5. The first-order valence-corrected chi connectivity index (χ1v) is 22.5. The molecule has 0 aliphatic heterocycles. The van der Waals surface area contributed by atoms with Gasteiger partial charge in [0.05, 0.1) is 0 Å². The molecule has 2 aliphatic carbocycles. The molecule has 0 bridgehead atoms. The third kappa shape index (κ3) is 7.62. The van der Waals surface area contributed by atoms with Crippen molar-refractivity contribution in [1.29, 1.82) is 0 Å². The summed E-state index contributed by atoms with van der Waals surface area (Å²) in [6.07, 6.45) is -4.60. The SMILES string of the molecule is CC1Cc2sc3ccccc3c2C=C1N(c1ccc(-c2ccc(N(c3ccc4sc5c(c4c3)CCC=C5)c3c(F)c(F)c(C(F)(F)F)c(F)c3F)cc2)cc1)c1c(F)c(F)c(C(F)(F)F)c(F)c1F. The minimum atomic E-state index is -5.80. The maximum Gasteiger partial charge on any atom is 0.422 e. The van der Waals surface area contributed by atoms with E-state index in [4.69, 9.17) is 0 Å². The van der Waals surface area contributed by atoms with Gasteiger partial charge in [-0.1, -0.05) is 55.5 Å². The number of anilines is 5. The molecule has 69 heavy (non-hydrogen) atoms. The molecule has 0 saturated carbocycles. The van der Waals surface area contributed by atoms with E-state index in [1.165, 1.54) is 83.3 Å². The van der Waals surface area contributed by atoms with Gasteiger partial charge in [0, 0.05) is 53.2 Å². The van der Waals surface area contributed by atoms with Gasteiger partial charge in [-0.15, -0.1) is 22.7 Å². The molecule has 2 heterocycles. The van der Waals surface area contributed by atoms with Crippen LogP contribution in [0.4, 0.5) is 89.9 Å². The van der Waals surface area contributed by atoms with Gasteiger partial charge in [-0.25, -0.2) is 35.1 Å². The Bertz CT molecular complexity index is 3400. The van der Waals surface area contributed by atoms with Crippen molar-refractivity contribution < 1.29 is 61.5 Å². The number of thiophene rings is 2. The molecule has 0 amide bonds. The Kier molecular flexibility index (Phi) is 11.2. The van der Waals surface area contributed by atoms with E-state index < -0.39 is 87.3 Å². The zero-order chi connectivity index (χ0) is 49.0. The normalized spacial score (nSPS) is 14.9. The van der Waals surface area contributed by atoms with Crippen LogP contribution in [0.25, 0.3) is 43.5 Å². The summed E-state index contributed by atoms with van der Waals surface area (Å²) >= 11 is 2.88. The Morgan fingerprint density at radius 3 is 1.58 bits per heavy atom. The molecule has 2 aromatic heterocycles. The highest BCUT2D eigenvalue weighted by atomic mass is 32.1. The predicted molar refractivity (Wildman–Crippen MR) is 240 cm³/mol. The largest absolute Gasteiger partial charge is 0.422 e. The molecule has 0 radical (unpaired) electrons. The van der Waals surface area contributed by atoms with Gasteiger partial charge in [0.25, 0.3) is 0 Å². The molecule has 8 aromatic rings. The zero-order valence-corrected chi connectivity index (χ0v) is 36.7. The van der Waals surface area contributed by atoms with Crippen LogP contribution in [0.2, 0.25) is 0 Å². The molecule has 0 N–H and O–H groups in total. The second kappa shape index (κ2) is 16.8. The zero-order valence-electron chi connectivity index (χ0n) is 35.1. The number of fused-ring (bicyclic) bond motifs is 6. The van der Waals surface area contributed by atoms with E-state index in [1.807, 2.05) is 24.3 Å². The summed E-state index contributed by atoms with van der Waals surface area (Å²) < 4.78 is 209. The van der Waals surface area contributed by atoms with Gasteiger partial charge >= 0.3 is 12.4 Å². The lowest BCUT2D eigenvalue weighted by Gasteiger charge is -2.34. The van der Waals surface area contributed by atoms with Gasteiger partial charge in [0.2, 0.25) is 0 Å². The molecular weight excluding hydrogens is 971 g/mol. The maximum atomic E-state index is 16.0. The molecule has 0 saturated heterocycles. The number of benzene rings is 6. The van der Waals surface area contributed by atoms with Crippen molar-refractivity contribution in [2.24, 2.45) is 5.92 Å². The first kappa shape index (κ1) is 46.1. The lowest BCUT2D eigenvalue weighted by molar-refractivity contribution is -0.144. The molecule has 10 rings (SSSR count). The molecule has 0 spiro atoms. The van der Waals surface area contributed by atoms with Crippen LogP contribution in [0.1, 0.15) is 45.4 Å². The van der Waals surface area contributed by atoms with Gasteiger partial charge in [-0.3, -0.25) is 0 Å². The monoisotopic (exact) mass is 998 g/mol. The van der Waals surface area contributed by atoms with Crippen molar-refractivity contribution in [3.8, 4) is 11.1 Å². The van der Waals surface area contributed by atoms with Crippen molar-refractivity contribution in [1.82, 2.24) is 0 Å². The van der Waals surface area contributed by atoms with Crippen molar-refractivity contribution in [3.05, 3.63) is 181 Å². The number of allylic oxidation sites excluding steroid dienone is 2. The summed E-state index contributed by atoms with van der Waals surface area (Å²) in [5, 5.41) is 1.40. The predicted octanol–water partition coefficient (Wildman–Crippen LogP) is 17.7. The van der Waals surface area contributed by atoms with Gasteiger partial charge < -0.3 is 9.80 Å². The van der Waals surface area contributed by atoms with Crippen LogP contribution >= 0.6 is 22.7 Å². The lowest BCUT2D eigenvalue weighted by atomic mass is 9.90. The first-order valence-electron chi connectivity index (χ1n) is 20.9. The molecule has 0 fully saturated rings. The molecular formula is C51H28F14N2S2. The van der Waals surface area contributed by atoms with E-state index >= 15 is 35.1 Å². The number of hydrogen-bond acceptors (Lipinski definition) is 4. The van der Waals surface area contributed by atoms with Gasteiger partial charge in [-0.05, 0) is 108 Å². The fourth-order valence-corrected chi connectivity index (χ4v) is 11.5. The second-order valence-corrected chi connectivity index (χ2v) is 18.6. The van der Waals surface area contributed by atoms with Gasteiger partial charge in [0.15, 0.2) is 46.5 Å². The summed E-state index contributed by atoms with van der Waals surface area (Å²) in [6.45, 7) is 1.67. The first-order chi connectivity index (χ1) is 32.7. The van der Waals surface area contributed by atoms with Crippen LogP contribution in [-0.4, -0.2) is 0 Å². The van der Waals surface area contributed by atoms with E-state index in [0.717, 1.165) is 39.9 Å². The number of alkyl halides is 6. The highest BCUT2D eigenvalue weighted by molar-refractivity contribution is 7.20. The molecule has 1 unspecified atom stereocenters. The molecule has 18 heteroatoms. The van der Waals surface area contributed by atoms with Crippen molar-refractivity contribution in [2.45, 2.75) is 38.5 Å². The summed E-state index contributed by atoms with van der Waals surface area (Å²) in [5.74, 6) is -20.4. The van der Waals surface area contributed by atoms with E-state index in [-0.39, 0.29) is 29.2 Å². The number of halogens is 14. The molecule has 6 aromatic carbocycles. The smallest absolute Gasteiger partial charge is 0.309 e. The Labute approximate surface area is 390 Å². The van der Waals surface area contributed by atoms with E-state index in [9.17, 15) is 26.3 Å². The Morgan fingerprint density at radius 2 is 1.03 bits per heavy atom. The van der Waals surface area contributed by atoms with E-state index in [2.05, 4.69) is 0 Å². The number of aryl methyl sites for hydroxylation is 1. The average molecular weight is 999 g/mol. The van der Waals surface area contributed by atoms with Crippen LogP contribution in [0, 0.1) is 52.5 Å². The third-order valence-electron chi connectivity index (χ3n) is 12.2. The Hall–Kier alpha value is -6.66. The number of nitrogens with zero attached hydrogens (tertiary/aromatic N) is 2. The van der Waals surface area contributed by atoms with Crippen LogP contribution in [0.5, 0.6) is 0 Å². The maximum absolute atomic E-state index is 16.0. The Morgan fingerprint density at radius 1 is 0.536 bits per heavy atom. The second-order valence-electron chi connectivity index (χ2n) is 16.4. The fraction of sp³-hybridized carbons (Fsp3) is 0.137. The molecule has 2 aliphatic rings. The van der Waals surface area contributed by atoms with Gasteiger partial charge in [-0.2, -0.15) is 26.3 Å². The minimum Gasteiger partial charge on any atom is -0.309 e. The molecule has 352 valence electrons. The average Bonchev–Trinajstić information content (AvgIpc) is 3.87. The van der Waals surface area contributed by atoms with E-state index in [0.29, 0.717) is 34.9 Å². The number of rotatable bonds is 7. The fourth-order valence-electron chi connectivity index (χ4n) is 9.04. The summed E-state index contributed by atoms with van der Waals surface area (Å²) in [7, 11) is 0. The standard InChI is InChI=1S/C51H28F14N2S2/c1-23-20-37-32(30-7-3-5-9-35(30)69-37)22-33(23)67(49-46(58)42(54)39(51(63,64)65)43(55)47(49)59)27-16-12-25(13-17-27)24-10-14-26(15-11-24)66(48-44(56)40(52)38(50(60,61)62)41(53)45(48)57)28-18-19-36-31(21-28)29-6-2-4-8-34(29)68-36/h3-5,7-19,21-23H,2,6,20H2,1H3. The molecule has 1 atom stereocenters. The van der Waals surface area contributed by atoms with E-state index in [1.54, 1.807) is 31.2 Å². The lowest BCUT2D eigenvalue weighted by Crippen LogP contribution is -2.28. The highest BCUT2D eigenvalue weighted by Gasteiger charge is 2.45. The summed E-state index contributed by atoms with van der Waals surface area (Å²) in [5.41, 5.74) is -6.45. The highest BCUT2D eigenvalue weighted by Crippen LogP contribution is 2.50. The topological polar surface area (TPSA) is 6.48 Å². The molecule has 2 nitrogen and oxygen atoms in total. The van der Waals surface area contributed by atoms with Crippen molar-refractivity contribution in [2.75, 3.05) is 9.80 Å². The van der Waals surface area contributed by atoms with Crippen molar-refractivity contribution in [3.63, 3.8) is 0 Å². The number of hydrogen-bond donors (Lipinski definition) is 0. The van der Waals surface area contributed by atoms with Gasteiger partial charge in [0.1, 0.15) is 22.5 Å². The van der Waals surface area contributed by atoms with Crippen molar-refractivity contribution >= 4 is 83.4 Å². The van der Waals surface area contributed by atoms with Crippen LogP contribution in [0.3, 0.4) is 0 Å². The Balaban J connectivity index is 1.09. The van der Waals surface area contributed by atoms with Crippen LogP contribution < -0.4 is 9.80 Å². The van der Waals surface area contributed by atoms with Crippen LogP contribution in [-0.2, 0) is 25.2 Å². The van der Waals surface area contributed by atoms with Crippen LogP contribution in [0.15, 0.2) is 103 Å². The quantitative estimate of drug-likeness (QED) is 0.116. The summed E-state index contributed by atoms with van der Waals surface area (Å²) in [4.78, 5) is 3.37.